The van der Waals surface area contributed by atoms with Gasteiger partial charge in [0.25, 0.3) is 15.7 Å². The number of nitro benzene ring substituents is 1. The summed E-state index contributed by atoms with van der Waals surface area (Å²) in [5.74, 6) is 2.63. The van der Waals surface area contributed by atoms with Crippen molar-refractivity contribution in [1.82, 2.24) is 4.31 Å². The van der Waals surface area contributed by atoms with Gasteiger partial charge in [0.15, 0.2) is 4.90 Å². The van der Waals surface area contributed by atoms with E-state index in [0.717, 1.165) is 10.4 Å². The molecule has 22 heavy (non-hydrogen) atoms. The van der Waals surface area contributed by atoms with E-state index in [9.17, 15) is 18.5 Å². The summed E-state index contributed by atoms with van der Waals surface area (Å²) in [6, 6.07) is 8.34. The summed E-state index contributed by atoms with van der Waals surface area (Å²) >= 11 is 0. The lowest BCUT2D eigenvalue weighted by Gasteiger charge is -2.18. The molecule has 8 heteroatoms. The molecule has 0 saturated carbocycles. The normalized spacial score (nSPS) is 11.3. The Labute approximate surface area is 127 Å². The second-order valence-electron chi connectivity index (χ2n) is 4.28. The Morgan fingerprint density at radius 1 is 1.27 bits per heavy atom. The zero-order valence-corrected chi connectivity index (χ0v) is 12.2. The standard InChI is InChI=1S/C14H12N2O5S/c1-2-9-15(11-12-6-5-10-21-12)22(19,20)14-8-4-3-7-13(14)16(17)18/h1,3-8,10H,9,11H2. The van der Waals surface area contributed by atoms with Gasteiger partial charge in [-0.2, -0.15) is 4.31 Å². The summed E-state index contributed by atoms with van der Waals surface area (Å²) in [5, 5.41) is 11.0. The monoisotopic (exact) mass is 320 g/mol. The van der Waals surface area contributed by atoms with E-state index in [1.807, 2.05) is 0 Å². The first-order chi connectivity index (χ1) is 10.5. The largest absolute Gasteiger partial charge is 0.468 e. The molecule has 114 valence electrons. The van der Waals surface area contributed by atoms with Crippen LogP contribution in [0.25, 0.3) is 0 Å². The fourth-order valence-corrected chi connectivity index (χ4v) is 3.35. The number of nitrogens with zero attached hydrogens (tertiary/aromatic N) is 2. The van der Waals surface area contributed by atoms with Gasteiger partial charge >= 0.3 is 0 Å². The lowest BCUT2D eigenvalue weighted by Crippen LogP contribution is -2.31. The molecule has 2 rings (SSSR count). The van der Waals surface area contributed by atoms with Gasteiger partial charge in [-0.3, -0.25) is 10.1 Å². The fraction of sp³-hybridized carbons (Fsp3) is 0.143. The Balaban J connectivity index is 2.46. The zero-order valence-electron chi connectivity index (χ0n) is 11.4. The van der Waals surface area contributed by atoms with E-state index in [1.165, 1.54) is 24.5 Å². The molecule has 0 N–H and O–H groups in total. The maximum Gasteiger partial charge on any atom is 0.289 e. The van der Waals surface area contributed by atoms with Crippen molar-refractivity contribution in [2.45, 2.75) is 11.4 Å². The molecule has 0 aliphatic heterocycles. The molecular weight excluding hydrogens is 308 g/mol. The number of para-hydroxylation sites is 1. The van der Waals surface area contributed by atoms with Crippen LogP contribution >= 0.6 is 0 Å². The second kappa shape index (κ2) is 6.43. The number of nitro groups is 1. The number of sulfonamides is 1. The van der Waals surface area contributed by atoms with Crippen molar-refractivity contribution in [2.75, 3.05) is 6.54 Å². The first-order valence-corrected chi connectivity index (χ1v) is 7.60. The van der Waals surface area contributed by atoms with Crippen molar-refractivity contribution < 1.29 is 17.8 Å². The number of furan rings is 1. The van der Waals surface area contributed by atoms with Crippen LogP contribution in [0.15, 0.2) is 52.0 Å². The van der Waals surface area contributed by atoms with Crippen LogP contribution in [0.2, 0.25) is 0 Å². The zero-order chi connectivity index (χ0) is 16.2. The molecule has 0 atom stereocenters. The van der Waals surface area contributed by atoms with Crippen LogP contribution in [-0.2, 0) is 16.6 Å². The van der Waals surface area contributed by atoms with Gasteiger partial charge in [0, 0.05) is 6.07 Å². The fourth-order valence-electron chi connectivity index (χ4n) is 1.87. The Morgan fingerprint density at radius 2 is 2.00 bits per heavy atom. The molecular formula is C14H12N2O5S. The van der Waals surface area contributed by atoms with E-state index in [1.54, 1.807) is 12.1 Å². The molecule has 0 fully saturated rings. The average Bonchev–Trinajstić information content (AvgIpc) is 3.00. The van der Waals surface area contributed by atoms with Gasteiger partial charge in [0.1, 0.15) is 5.76 Å². The SMILES string of the molecule is C#CCN(Cc1ccco1)S(=O)(=O)c1ccccc1[N+](=O)[O-]. The van der Waals surface area contributed by atoms with Gasteiger partial charge in [-0.25, -0.2) is 8.42 Å². The van der Waals surface area contributed by atoms with Gasteiger partial charge < -0.3 is 4.42 Å². The summed E-state index contributed by atoms with van der Waals surface area (Å²) in [5.41, 5.74) is -0.496. The van der Waals surface area contributed by atoms with Crippen molar-refractivity contribution in [3.63, 3.8) is 0 Å². The molecule has 7 nitrogen and oxygen atoms in total. The minimum Gasteiger partial charge on any atom is -0.468 e. The molecule has 0 amide bonds. The number of hydrogen-bond acceptors (Lipinski definition) is 5. The van der Waals surface area contributed by atoms with Crippen LogP contribution in [0.3, 0.4) is 0 Å². The van der Waals surface area contributed by atoms with Crippen LogP contribution in [-0.4, -0.2) is 24.2 Å². The summed E-state index contributed by atoms with van der Waals surface area (Å²) in [6.07, 6.45) is 6.61. The molecule has 0 bridgehead atoms. The van der Waals surface area contributed by atoms with Crippen molar-refractivity contribution in [3.8, 4) is 12.3 Å². The Morgan fingerprint density at radius 3 is 2.59 bits per heavy atom. The lowest BCUT2D eigenvalue weighted by atomic mass is 10.3. The van der Waals surface area contributed by atoms with E-state index in [4.69, 9.17) is 10.8 Å². The van der Waals surface area contributed by atoms with Gasteiger partial charge in [-0.15, -0.1) is 6.42 Å². The Bertz CT molecular complexity index is 806. The van der Waals surface area contributed by atoms with Crippen LogP contribution in [0.1, 0.15) is 5.76 Å². The van der Waals surface area contributed by atoms with Crippen LogP contribution in [0, 0.1) is 22.5 Å². The predicted molar refractivity (Wildman–Crippen MR) is 78.2 cm³/mol. The highest BCUT2D eigenvalue weighted by atomic mass is 32.2. The van der Waals surface area contributed by atoms with Crippen molar-refractivity contribution in [2.24, 2.45) is 0 Å². The Kier molecular flexibility index (Phi) is 4.60. The highest BCUT2D eigenvalue weighted by Gasteiger charge is 2.31. The van der Waals surface area contributed by atoms with E-state index in [2.05, 4.69) is 5.92 Å². The average molecular weight is 320 g/mol. The van der Waals surface area contributed by atoms with E-state index in [0.29, 0.717) is 5.76 Å². The minimum absolute atomic E-state index is 0.106. The molecule has 0 saturated heterocycles. The number of benzene rings is 1. The van der Waals surface area contributed by atoms with Crippen LogP contribution in [0.4, 0.5) is 5.69 Å². The highest BCUT2D eigenvalue weighted by molar-refractivity contribution is 7.89. The van der Waals surface area contributed by atoms with Crippen molar-refractivity contribution in [3.05, 3.63) is 58.5 Å². The van der Waals surface area contributed by atoms with E-state index in [-0.39, 0.29) is 13.1 Å². The van der Waals surface area contributed by atoms with E-state index < -0.39 is 25.5 Å². The van der Waals surface area contributed by atoms with Gasteiger partial charge in [-0.1, -0.05) is 18.1 Å². The summed E-state index contributed by atoms with van der Waals surface area (Å²) in [4.78, 5) is 9.89. The first kappa shape index (κ1) is 15.8. The van der Waals surface area contributed by atoms with Crippen molar-refractivity contribution in [1.29, 1.82) is 0 Å². The third-order valence-corrected chi connectivity index (χ3v) is 4.70. The van der Waals surface area contributed by atoms with Crippen LogP contribution in [0.5, 0.6) is 0 Å². The molecule has 1 aromatic carbocycles. The van der Waals surface area contributed by atoms with Gasteiger partial charge in [-0.05, 0) is 18.2 Å². The van der Waals surface area contributed by atoms with Crippen LogP contribution < -0.4 is 0 Å². The molecule has 1 aromatic heterocycles. The molecule has 0 aliphatic carbocycles. The van der Waals surface area contributed by atoms with E-state index >= 15 is 0 Å². The lowest BCUT2D eigenvalue weighted by molar-refractivity contribution is -0.387. The predicted octanol–water partition coefficient (Wildman–Crippen LogP) is 2.01. The molecule has 2 aromatic rings. The highest BCUT2D eigenvalue weighted by Crippen LogP contribution is 2.27. The molecule has 0 unspecified atom stereocenters. The minimum atomic E-state index is -4.13. The first-order valence-electron chi connectivity index (χ1n) is 6.16. The summed E-state index contributed by atoms with van der Waals surface area (Å²) in [7, 11) is -4.13. The maximum atomic E-state index is 12.7. The maximum absolute atomic E-state index is 12.7. The smallest absolute Gasteiger partial charge is 0.289 e. The quantitative estimate of drug-likeness (QED) is 0.461. The number of rotatable bonds is 6. The summed E-state index contributed by atoms with van der Waals surface area (Å²) in [6.45, 7) is -0.333. The molecule has 0 spiro atoms. The number of terminal acetylenes is 1. The second-order valence-corrected chi connectivity index (χ2v) is 6.19. The third kappa shape index (κ3) is 3.16. The van der Waals surface area contributed by atoms with Crippen molar-refractivity contribution >= 4 is 15.7 Å². The molecule has 0 aliphatic rings. The van der Waals surface area contributed by atoms with Gasteiger partial charge in [0.05, 0.1) is 24.3 Å². The number of hydrogen-bond donors (Lipinski definition) is 0. The van der Waals surface area contributed by atoms with Gasteiger partial charge in [0.2, 0.25) is 0 Å². The molecule has 0 radical (unpaired) electrons. The Hall–Kier alpha value is -2.63. The topological polar surface area (TPSA) is 93.7 Å². The third-order valence-electron chi connectivity index (χ3n) is 2.86. The molecule has 1 heterocycles. The summed E-state index contributed by atoms with van der Waals surface area (Å²) < 4.78 is 31.4.